The molecule has 0 unspecified atom stereocenters. The van der Waals surface area contributed by atoms with Crippen molar-refractivity contribution >= 4 is 9.84 Å². The normalized spacial score (nSPS) is 18.8. The summed E-state index contributed by atoms with van der Waals surface area (Å²) in [4.78, 5) is 0.389. The van der Waals surface area contributed by atoms with Gasteiger partial charge < -0.3 is 0 Å². The third-order valence-electron chi connectivity index (χ3n) is 3.66. The van der Waals surface area contributed by atoms with E-state index in [0.717, 1.165) is 18.4 Å². The van der Waals surface area contributed by atoms with Crippen LogP contribution in [0.1, 0.15) is 39.0 Å². The highest BCUT2D eigenvalue weighted by molar-refractivity contribution is 7.94. The first-order chi connectivity index (χ1) is 8.59. The van der Waals surface area contributed by atoms with Gasteiger partial charge in [-0.3, -0.25) is 0 Å². The zero-order chi connectivity index (χ0) is 13.0. The topological polar surface area (TPSA) is 34.1 Å². The second kappa shape index (κ2) is 5.70. The van der Waals surface area contributed by atoms with E-state index in [1.165, 1.54) is 24.7 Å². The number of hydrogen-bond acceptors (Lipinski definition) is 2. The van der Waals surface area contributed by atoms with Gasteiger partial charge in [-0.1, -0.05) is 43.0 Å². The van der Waals surface area contributed by atoms with E-state index in [9.17, 15) is 8.42 Å². The predicted octanol–water partition coefficient (Wildman–Crippen LogP) is 3.94. The van der Waals surface area contributed by atoms with Gasteiger partial charge >= 0.3 is 0 Å². The summed E-state index contributed by atoms with van der Waals surface area (Å²) in [6.07, 6.45) is 6.00. The molecule has 2 rings (SSSR count). The average Bonchev–Trinajstić information content (AvgIpc) is 2.40. The molecule has 1 saturated carbocycles. The Bertz CT molecular complexity index is 509. The molecule has 18 heavy (non-hydrogen) atoms. The van der Waals surface area contributed by atoms with Crippen molar-refractivity contribution in [2.24, 2.45) is 5.92 Å². The van der Waals surface area contributed by atoms with Crippen LogP contribution >= 0.6 is 0 Å². The molecular weight excluding hydrogens is 244 g/mol. The summed E-state index contributed by atoms with van der Waals surface area (Å²) in [5.74, 6) is 0.456. The quantitative estimate of drug-likeness (QED) is 0.828. The van der Waals surface area contributed by atoms with Gasteiger partial charge in [0.2, 0.25) is 0 Å². The molecule has 1 aliphatic rings. The molecule has 1 fully saturated rings. The Hall–Kier alpha value is -1.09. The lowest BCUT2D eigenvalue weighted by atomic mass is 9.85. The van der Waals surface area contributed by atoms with Crippen LogP contribution in [0.3, 0.4) is 0 Å². The molecule has 0 saturated heterocycles. The standard InChI is InChI=1S/C15H20O2S/c1-13(14-8-4-2-5-9-14)12-18(16,17)15-10-6-3-7-11-15/h3,6-7,10-12,14H,2,4-5,8-9H2,1H3/b13-12+. The average molecular weight is 264 g/mol. The molecule has 1 aromatic rings. The molecule has 3 heteroatoms. The number of allylic oxidation sites excluding steroid dienone is 1. The van der Waals surface area contributed by atoms with Crippen molar-refractivity contribution in [3.63, 3.8) is 0 Å². The van der Waals surface area contributed by atoms with Crippen molar-refractivity contribution in [2.75, 3.05) is 0 Å². The number of sulfone groups is 1. The summed E-state index contributed by atoms with van der Waals surface area (Å²) < 4.78 is 24.4. The van der Waals surface area contributed by atoms with Crippen molar-refractivity contribution in [2.45, 2.75) is 43.9 Å². The van der Waals surface area contributed by atoms with Crippen LogP contribution in [0.4, 0.5) is 0 Å². The highest BCUT2D eigenvalue weighted by Gasteiger charge is 2.18. The summed E-state index contributed by atoms with van der Waals surface area (Å²) in [7, 11) is -3.27. The molecular formula is C15H20O2S. The Morgan fingerprint density at radius 2 is 1.72 bits per heavy atom. The predicted molar refractivity (Wildman–Crippen MR) is 74.0 cm³/mol. The zero-order valence-electron chi connectivity index (χ0n) is 10.8. The molecule has 1 aliphatic carbocycles. The van der Waals surface area contributed by atoms with Gasteiger partial charge in [0, 0.05) is 5.41 Å². The fourth-order valence-electron chi connectivity index (χ4n) is 2.58. The minimum Gasteiger partial charge on any atom is -0.219 e. The maximum absolute atomic E-state index is 12.2. The molecule has 0 aromatic heterocycles. The van der Waals surface area contributed by atoms with Gasteiger partial charge in [-0.15, -0.1) is 0 Å². The number of rotatable bonds is 3. The van der Waals surface area contributed by atoms with Crippen molar-refractivity contribution in [1.29, 1.82) is 0 Å². The van der Waals surface area contributed by atoms with Crippen LogP contribution in [-0.4, -0.2) is 8.42 Å². The van der Waals surface area contributed by atoms with Gasteiger partial charge in [-0.05, 0) is 37.8 Å². The molecule has 0 N–H and O–H groups in total. The van der Waals surface area contributed by atoms with Crippen LogP contribution in [-0.2, 0) is 9.84 Å². The van der Waals surface area contributed by atoms with E-state index in [4.69, 9.17) is 0 Å². The van der Waals surface area contributed by atoms with Crippen molar-refractivity contribution in [1.82, 2.24) is 0 Å². The Morgan fingerprint density at radius 1 is 1.11 bits per heavy atom. The van der Waals surface area contributed by atoms with Gasteiger partial charge in [0.05, 0.1) is 4.90 Å². The first-order valence-electron chi connectivity index (χ1n) is 6.58. The minimum atomic E-state index is -3.27. The SMILES string of the molecule is C/C(=C\S(=O)(=O)c1ccccc1)C1CCCCC1. The minimum absolute atomic E-state index is 0.389. The smallest absolute Gasteiger partial charge is 0.199 e. The molecule has 0 heterocycles. The molecule has 0 aliphatic heterocycles. The maximum atomic E-state index is 12.2. The second-order valence-electron chi connectivity index (χ2n) is 5.05. The Kier molecular flexibility index (Phi) is 4.23. The van der Waals surface area contributed by atoms with E-state index in [-0.39, 0.29) is 0 Å². The van der Waals surface area contributed by atoms with E-state index in [1.54, 1.807) is 24.3 Å². The maximum Gasteiger partial charge on any atom is 0.199 e. The van der Waals surface area contributed by atoms with Crippen molar-refractivity contribution < 1.29 is 8.42 Å². The van der Waals surface area contributed by atoms with Gasteiger partial charge in [0.25, 0.3) is 0 Å². The third-order valence-corrected chi connectivity index (χ3v) is 5.27. The largest absolute Gasteiger partial charge is 0.219 e. The number of benzene rings is 1. The molecule has 1 aromatic carbocycles. The fourth-order valence-corrected chi connectivity index (χ4v) is 3.93. The monoisotopic (exact) mass is 264 g/mol. The van der Waals surface area contributed by atoms with Crippen LogP contribution in [0.2, 0.25) is 0 Å². The van der Waals surface area contributed by atoms with Crippen molar-refractivity contribution in [3.8, 4) is 0 Å². The molecule has 0 radical (unpaired) electrons. The summed E-state index contributed by atoms with van der Waals surface area (Å²) in [6, 6.07) is 8.66. The van der Waals surface area contributed by atoms with Crippen LogP contribution < -0.4 is 0 Å². The summed E-state index contributed by atoms with van der Waals surface area (Å²) in [6.45, 7) is 1.95. The lowest BCUT2D eigenvalue weighted by molar-refractivity contribution is 0.403. The number of hydrogen-bond donors (Lipinski definition) is 0. The zero-order valence-corrected chi connectivity index (χ0v) is 11.6. The Morgan fingerprint density at radius 3 is 2.33 bits per heavy atom. The Labute approximate surface area is 110 Å². The lowest BCUT2D eigenvalue weighted by Gasteiger charge is -2.22. The van der Waals surface area contributed by atoms with E-state index >= 15 is 0 Å². The fraction of sp³-hybridized carbons (Fsp3) is 0.467. The second-order valence-corrected chi connectivity index (χ2v) is 6.85. The van der Waals surface area contributed by atoms with Crippen molar-refractivity contribution in [3.05, 3.63) is 41.3 Å². The lowest BCUT2D eigenvalue weighted by Crippen LogP contribution is -2.09. The summed E-state index contributed by atoms with van der Waals surface area (Å²) >= 11 is 0. The van der Waals surface area contributed by atoms with E-state index in [0.29, 0.717) is 10.8 Å². The third kappa shape index (κ3) is 3.22. The van der Waals surface area contributed by atoms with E-state index in [2.05, 4.69) is 0 Å². The molecule has 0 amide bonds. The first-order valence-corrected chi connectivity index (χ1v) is 8.12. The van der Waals surface area contributed by atoms with Crippen LogP contribution in [0.15, 0.2) is 46.2 Å². The van der Waals surface area contributed by atoms with Crippen LogP contribution in [0.25, 0.3) is 0 Å². The van der Waals surface area contributed by atoms with Gasteiger partial charge in [0.1, 0.15) is 0 Å². The van der Waals surface area contributed by atoms with Gasteiger partial charge in [0.15, 0.2) is 9.84 Å². The molecule has 0 atom stereocenters. The van der Waals surface area contributed by atoms with Crippen LogP contribution in [0.5, 0.6) is 0 Å². The highest BCUT2D eigenvalue weighted by atomic mass is 32.2. The Balaban J connectivity index is 2.21. The molecule has 2 nitrogen and oxygen atoms in total. The molecule has 0 spiro atoms. The van der Waals surface area contributed by atoms with E-state index < -0.39 is 9.84 Å². The van der Waals surface area contributed by atoms with Crippen LogP contribution in [0, 0.1) is 5.92 Å². The van der Waals surface area contributed by atoms with E-state index in [1.807, 2.05) is 13.0 Å². The summed E-state index contributed by atoms with van der Waals surface area (Å²) in [5.41, 5.74) is 1.01. The summed E-state index contributed by atoms with van der Waals surface area (Å²) in [5, 5.41) is 1.47. The van der Waals surface area contributed by atoms with Gasteiger partial charge in [-0.25, -0.2) is 8.42 Å². The highest BCUT2D eigenvalue weighted by Crippen LogP contribution is 2.30. The van der Waals surface area contributed by atoms with Gasteiger partial charge in [-0.2, -0.15) is 0 Å². The first kappa shape index (κ1) is 13.3. The molecule has 0 bridgehead atoms. The molecule has 98 valence electrons.